The first kappa shape index (κ1) is 19.9. The molecule has 2 N–H and O–H groups in total. The third-order valence-electron chi connectivity index (χ3n) is 5.05. The van der Waals surface area contributed by atoms with Crippen LogP contribution in [0.5, 0.6) is 0 Å². The van der Waals surface area contributed by atoms with Gasteiger partial charge in [0.2, 0.25) is 15.9 Å². The monoisotopic (exact) mass is 428 g/mol. The maximum atomic E-state index is 12.7. The molecular formula is C20H20N4O5S. The fourth-order valence-corrected chi connectivity index (χ4v) is 5.01. The van der Waals surface area contributed by atoms with Gasteiger partial charge in [-0.1, -0.05) is 30.3 Å². The van der Waals surface area contributed by atoms with E-state index >= 15 is 0 Å². The minimum atomic E-state index is -3.59. The molecule has 1 aliphatic heterocycles. The predicted octanol–water partition coefficient (Wildman–Crippen LogP) is 0.199. The topological polar surface area (TPSA) is 121 Å². The number of aromatic amines is 1. The Labute approximate surface area is 172 Å². The number of nitrogens with zero attached hydrogens (tertiary/aromatic N) is 2. The SMILES string of the molecule is O=C(Cn1[nH]c(=O)c2ccccc2c1=O)NCCS(=O)(=O)N1CCc2ccccc21. The summed E-state index contributed by atoms with van der Waals surface area (Å²) in [5.41, 5.74) is 0.670. The lowest BCUT2D eigenvalue weighted by atomic mass is 10.2. The van der Waals surface area contributed by atoms with Gasteiger partial charge in [-0.3, -0.25) is 23.8 Å². The van der Waals surface area contributed by atoms with Crippen molar-refractivity contribution in [1.82, 2.24) is 15.1 Å². The standard InChI is InChI=1S/C20H20N4O5S/c25-18(13-23-20(27)16-7-3-2-6-15(16)19(26)22-23)21-10-12-30(28,29)24-11-9-14-5-1-4-8-17(14)24/h1-8H,9-13H2,(H,21,25)(H,22,26). The highest BCUT2D eigenvalue weighted by Crippen LogP contribution is 2.29. The summed E-state index contributed by atoms with van der Waals surface area (Å²) in [5, 5.41) is 5.33. The van der Waals surface area contributed by atoms with E-state index in [-0.39, 0.29) is 23.1 Å². The lowest BCUT2D eigenvalue weighted by Gasteiger charge is -2.19. The number of amides is 1. The van der Waals surface area contributed by atoms with E-state index in [2.05, 4.69) is 10.4 Å². The van der Waals surface area contributed by atoms with E-state index in [1.807, 2.05) is 12.1 Å². The maximum absolute atomic E-state index is 12.7. The van der Waals surface area contributed by atoms with Crippen LogP contribution < -0.4 is 20.7 Å². The van der Waals surface area contributed by atoms with Crippen molar-refractivity contribution in [2.45, 2.75) is 13.0 Å². The number of hydrogen-bond donors (Lipinski definition) is 2. The van der Waals surface area contributed by atoms with Gasteiger partial charge in [0.05, 0.1) is 22.2 Å². The van der Waals surface area contributed by atoms with E-state index < -0.39 is 33.6 Å². The van der Waals surface area contributed by atoms with Gasteiger partial charge >= 0.3 is 0 Å². The molecule has 1 aliphatic rings. The van der Waals surface area contributed by atoms with Crippen LogP contribution in [0.4, 0.5) is 5.69 Å². The van der Waals surface area contributed by atoms with E-state index in [9.17, 15) is 22.8 Å². The number of rotatable bonds is 6. The Hall–Kier alpha value is -3.40. The highest BCUT2D eigenvalue weighted by atomic mass is 32.2. The molecule has 0 fully saturated rings. The number of carbonyl (C=O) groups is 1. The first-order chi connectivity index (χ1) is 14.4. The molecule has 9 nitrogen and oxygen atoms in total. The van der Waals surface area contributed by atoms with Crippen molar-refractivity contribution < 1.29 is 13.2 Å². The Morgan fingerprint density at radius 1 is 1.03 bits per heavy atom. The maximum Gasteiger partial charge on any atom is 0.273 e. The normalized spacial score (nSPS) is 13.4. The number of nitrogens with one attached hydrogen (secondary N) is 2. The lowest BCUT2D eigenvalue weighted by Crippen LogP contribution is -2.40. The average Bonchev–Trinajstić information content (AvgIpc) is 3.17. The number of carbonyl (C=O) groups excluding carboxylic acids is 1. The molecule has 2 aromatic carbocycles. The second kappa shape index (κ2) is 7.79. The fourth-order valence-electron chi connectivity index (χ4n) is 3.58. The number of anilines is 1. The Balaban J connectivity index is 1.40. The number of H-pyrrole nitrogens is 1. The van der Waals surface area contributed by atoms with Gasteiger partial charge in [0.25, 0.3) is 11.1 Å². The van der Waals surface area contributed by atoms with Crippen molar-refractivity contribution in [2.75, 3.05) is 23.1 Å². The number of aromatic nitrogens is 2. The van der Waals surface area contributed by atoms with Crippen LogP contribution in [0.2, 0.25) is 0 Å². The molecular weight excluding hydrogens is 408 g/mol. The zero-order valence-corrected chi connectivity index (χ0v) is 16.8. The highest BCUT2D eigenvalue weighted by molar-refractivity contribution is 7.92. The quantitative estimate of drug-likeness (QED) is 0.581. The van der Waals surface area contributed by atoms with Gasteiger partial charge in [0.1, 0.15) is 6.54 Å². The summed E-state index contributed by atoms with van der Waals surface area (Å²) in [6.07, 6.45) is 0.653. The van der Waals surface area contributed by atoms with Crippen molar-refractivity contribution >= 4 is 32.4 Å². The molecule has 0 saturated carbocycles. The van der Waals surface area contributed by atoms with Gasteiger partial charge in [-0.2, -0.15) is 0 Å². The van der Waals surface area contributed by atoms with E-state index in [1.54, 1.807) is 24.3 Å². The minimum Gasteiger partial charge on any atom is -0.353 e. The summed E-state index contributed by atoms with van der Waals surface area (Å²) in [5.74, 6) is -0.837. The molecule has 1 aromatic heterocycles. The number of benzene rings is 2. The second-order valence-corrected chi connectivity index (χ2v) is 9.01. The Kier molecular flexibility index (Phi) is 5.17. The molecule has 0 bridgehead atoms. The van der Waals surface area contributed by atoms with Gasteiger partial charge in [-0.05, 0) is 30.2 Å². The molecule has 3 aromatic rings. The zero-order valence-electron chi connectivity index (χ0n) is 16.0. The molecule has 4 rings (SSSR count). The van der Waals surface area contributed by atoms with Crippen molar-refractivity contribution in [3.8, 4) is 0 Å². The third kappa shape index (κ3) is 3.73. The molecule has 0 spiro atoms. The Morgan fingerprint density at radius 3 is 2.53 bits per heavy atom. The third-order valence-corrected chi connectivity index (χ3v) is 6.82. The summed E-state index contributed by atoms with van der Waals surface area (Å²) in [6.45, 7) is -0.138. The van der Waals surface area contributed by atoms with Crippen LogP contribution in [0, 0.1) is 0 Å². The highest BCUT2D eigenvalue weighted by Gasteiger charge is 2.28. The van der Waals surface area contributed by atoms with Crippen molar-refractivity contribution in [1.29, 1.82) is 0 Å². The molecule has 2 heterocycles. The smallest absolute Gasteiger partial charge is 0.273 e. The summed E-state index contributed by atoms with van der Waals surface area (Å²) in [6, 6.07) is 13.6. The second-order valence-electron chi connectivity index (χ2n) is 6.99. The van der Waals surface area contributed by atoms with Crippen molar-refractivity contribution in [3.63, 3.8) is 0 Å². The number of para-hydroxylation sites is 1. The molecule has 30 heavy (non-hydrogen) atoms. The lowest BCUT2D eigenvalue weighted by molar-refractivity contribution is -0.121. The van der Waals surface area contributed by atoms with Crippen LogP contribution in [0.25, 0.3) is 10.8 Å². The zero-order chi connectivity index (χ0) is 21.3. The average molecular weight is 428 g/mol. The van der Waals surface area contributed by atoms with Crippen LogP contribution in [0.3, 0.4) is 0 Å². The van der Waals surface area contributed by atoms with Crippen molar-refractivity contribution in [2.24, 2.45) is 0 Å². The Bertz CT molecular complexity index is 1340. The van der Waals surface area contributed by atoms with Crippen LogP contribution in [-0.2, 0) is 27.8 Å². The number of sulfonamides is 1. The number of hydrogen-bond acceptors (Lipinski definition) is 5. The molecule has 0 aliphatic carbocycles. The fraction of sp³-hybridized carbons (Fsp3) is 0.250. The van der Waals surface area contributed by atoms with E-state index in [0.717, 1.165) is 10.2 Å². The van der Waals surface area contributed by atoms with Gasteiger partial charge in [-0.25, -0.2) is 13.1 Å². The molecule has 0 atom stereocenters. The van der Waals surface area contributed by atoms with Gasteiger partial charge in [-0.15, -0.1) is 0 Å². The summed E-state index contributed by atoms with van der Waals surface area (Å²) in [4.78, 5) is 36.8. The molecule has 0 radical (unpaired) electrons. The van der Waals surface area contributed by atoms with Gasteiger partial charge in [0.15, 0.2) is 0 Å². The van der Waals surface area contributed by atoms with E-state index in [4.69, 9.17) is 0 Å². The van der Waals surface area contributed by atoms with Crippen LogP contribution in [0.1, 0.15) is 5.56 Å². The van der Waals surface area contributed by atoms with E-state index in [1.165, 1.54) is 16.4 Å². The number of fused-ring (bicyclic) bond motifs is 2. The summed E-state index contributed by atoms with van der Waals surface area (Å²) >= 11 is 0. The molecule has 1 amide bonds. The molecule has 156 valence electrons. The van der Waals surface area contributed by atoms with Crippen LogP contribution >= 0.6 is 0 Å². The minimum absolute atomic E-state index is 0.105. The van der Waals surface area contributed by atoms with Gasteiger partial charge in [0, 0.05) is 13.1 Å². The van der Waals surface area contributed by atoms with Gasteiger partial charge < -0.3 is 5.32 Å². The first-order valence-electron chi connectivity index (χ1n) is 9.44. The summed E-state index contributed by atoms with van der Waals surface area (Å²) < 4.78 is 27.6. The first-order valence-corrected chi connectivity index (χ1v) is 11.0. The molecule has 10 heteroatoms. The van der Waals surface area contributed by atoms with Crippen LogP contribution in [0.15, 0.2) is 58.1 Å². The van der Waals surface area contributed by atoms with E-state index in [0.29, 0.717) is 18.7 Å². The largest absolute Gasteiger partial charge is 0.353 e. The van der Waals surface area contributed by atoms with Crippen LogP contribution in [-0.4, -0.2) is 42.9 Å². The van der Waals surface area contributed by atoms with Crippen molar-refractivity contribution in [3.05, 3.63) is 74.8 Å². The molecule has 0 unspecified atom stereocenters. The molecule has 0 saturated heterocycles. The predicted molar refractivity (Wildman–Crippen MR) is 113 cm³/mol. The summed E-state index contributed by atoms with van der Waals surface area (Å²) in [7, 11) is -3.59. The Morgan fingerprint density at radius 2 is 1.73 bits per heavy atom.